The van der Waals surface area contributed by atoms with Crippen molar-refractivity contribution in [3.63, 3.8) is 0 Å². The van der Waals surface area contributed by atoms with E-state index in [0.29, 0.717) is 0 Å². The van der Waals surface area contributed by atoms with Crippen molar-refractivity contribution in [1.82, 2.24) is 5.32 Å². The topological polar surface area (TPSA) is 29.1 Å². The molecule has 108 valence electrons. The second-order valence-electron chi connectivity index (χ2n) is 5.58. The first-order chi connectivity index (χ1) is 10.1. The van der Waals surface area contributed by atoms with Crippen molar-refractivity contribution in [3.05, 3.63) is 70.3 Å². The van der Waals surface area contributed by atoms with Crippen molar-refractivity contribution >= 4 is 17.5 Å². The fourth-order valence-electron chi connectivity index (χ4n) is 2.79. The number of hydrogen-bond acceptors (Lipinski definition) is 1. The minimum absolute atomic E-state index is 0.0116. The van der Waals surface area contributed by atoms with E-state index in [1.54, 1.807) is 0 Å². The molecular weight excluding hydrogens is 282 g/mol. The largest absolute Gasteiger partial charge is 0.352 e. The summed E-state index contributed by atoms with van der Waals surface area (Å²) in [6, 6.07) is 14.4. The number of carbonyl (C=O) groups excluding carboxylic acids is 1. The van der Waals surface area contributed by atoms with E-state index in [1.807, 2.05) is 18.2 Å². The normalized spacial score (nSPS) is 15.2. The number of carbonyl (C=O) groups is 1. The Bertz CT molecular complexity index is 681. The molecule has 2 nitrogen and oxygen atoms in total. The lowest BCUT2D eigenvalue weighted by molar-refractivity contribution is 0.0946. The summed E-state index contributed by atoms with van der Waals surface area (Å²) in [4.78, 5) is 11.9. The Kier molecular flexibility index (Phi) is 3.98. The molecular formula is C18H18ClNO. The SMILES string of the molecule is Cc1cccc(CC(Cl)c2ccc3c(c2)C(=O)NCC3)c1. The van der Waals surface area contributed by atoms with Crippen LogP contribution in [0.3, 0.4) is 0 Å². The Labute approximate surface area is 130 Å². The average molecular weight is 300 g/mol. The van der Waals surface area contributed by atoms with Gasteiger partial charge in [0.15, 0.2) is 0 Å². The van der Waals surface area contributed by atoms with Crippen molar-refractivity contribution in [2.75, 3.05) is 6.54 Å². The van der Waals surface area contributed by atoms with Gasteiger partial charge in [-0.2, -0.15) is 0 Å². The van der Waals surface area contributed by atoms with Crippen LogP contribution in [0.2, 0.25) is 0 Å². The number of rotatable bonds is 3. The van der Waals surface area contributed by atoms with Gasteiger partial charge in [0.05, 0.1) is 5.38 Å². The zero-order valence-corrected chi connectivity index (χ0v) is 12.8. The van der Waals surface area contributed by atoms with Gasteiger partial charge >= 0.3 is 0 Å². The number of fused-ring (bicyclic) bond motifs is 1. The van der Waals surface area contributed by atoms with Crippen LogP contribution in [-0.2, 0) is 12.8 Å². The number of aryl methyl sites for hydroxylation is 1. The molecule has 3 rings (SSSR count). The number of halogens is 1. The minimum Gasteiger partial charge on any atom is -0.352 e. The fraction of sp³-hybridized carbons (Fsp3) is 0.278. The van der Waals surface area contributed by atoms with Crippen LogP contribution in [0.15, 0.2) is 42.5 Å². The molecule has 0 aromatic heterocycles. The summed E-state index contributed by atoms with van der Waals surface area (Å²) in [5.74, 6) is 0.0116. The van der Waals surface area contributed by atoms with Gasteiger partial charge in [0.1, 0.15) is 0 Å². The second-order valence-corrected chi connectivity index (χ2v) is 6.11. The second kappa shape index (κ2) is 5.90. The monoisotopic (exact) mass is 299 g/mol. The smallest absolute Gasteiger partial charge is 0.251 e. The third-order valence-electron chi connectivity index (χ3n) is 3.92. The first-order valence-electron chi connectivity index (χ1n) is 7.24. The van der Waals surface area contributed by atoms with Gasteiger partial charge < -0.3 is 5.32 Å². The summed E-state index contributed by atoms with van der Waals surface area (Å²) in [5, 5.41) is 2.76. The van der Waals surface area contributed by atoms with E-state index < -0.39 is 0 Å². The van der Waals surface area contributed by atoms with E-state index in [1.165, 1.54) is 11.1 Å². The van der Waals surface area contributed by atoms with E-state index in [-0.39, 0.29) is 11.3 Å². The van der Waals surface area contributed by atoms with Crippen LogP contribution in [-0.4, -0.2) is 12.5 Å². The van der Waals surface area contributed by atoms with Gasteiger partial charge in [-0.25, -0.2) is 0 Å². The molecule has 0 bridgehead atoms. The van der Waals surface area contributed by atoms with E-state index in [0.717, 1.165) is 36.1 Å². The van der Waals surface area contributed by atoms with Gasteiger partial charge in [0.25, 0.3) is 5.91 Å². The summed E-state index contributed by atoms with van der Waals surface area (Å²) < 4.78 is 0. The highest BCUT2D eigenvalue weighted by atomic mass is 35.5. The predicted molar refractivity (Wildman–Crippen MR) is 86.0 cm³/mol. The van der Waals surface area contributed by atoms with Crippen LogP contribution < -0.4 is 5.32 Å². The molecule has 3 heteroatoms. The maximum Gasteiger partial charge on any atom is 0.251 e. The Morgan fingerprint density at radius 2 is 2.10 bits per heavy atom. The van der Waals surface area contributed by atoms with E-state index in [2.05, 4.69) is 36.5 Å². The molecule has 1 aliphatic rings. The van der Waals surface area contributed by atoms with E-state index >= 15 is 0 Å². The van der Waals surface area contributed by atoms with Gasteiger partial charge in [0.2, 0.25) is 0 Å². The van der Waals surface area contributed by atoms with Crippen molar-refractivity contribution in [2.45, 2.75) is 25.1 Å². The molecule has 0 aliphatic carbocycles. The van der Waals surface area contributed by atoms with Crippen LogP contribution in [0.4, 0.5) is 0 Å². The zero-order chi connectivity index (χ0) is 14.8. The van der Waals surface area contributed by atoms with E-state index in [4.69, 9.17) is 11.6 Å². The predicted octanol–water partition coefficient (Wildman–Crippen LogP) is 3.80. The fourth-order valence-corrected chi connectivity index (χ4v) is 3.10. The van der Waals surface area contributed by atoms with Crippen molar-refractivity contribution < 1.29 is 4.79 Å². The van der Waals surface area contributed by atoms with Gasteiger partial charge in [-0.05, 0) is 42.5 Å². The van der Waals surface area contributed by atoms with Crippen LogP contribution in [0.25, 0.3) is 0 Å². The van der Waals surface area contributed by atoms with E-state index in [9.17, 15) is 4.79 Å². The molecule has 1 unspecified atom stereocenters. The molecule has 21 heavy (non-hydrogen) atoms. The highest BCUT2D eigenvalue weighted by molar-refractivity contribution is 6.21. The molecule has 0 radical (unpaired) electrons. The van der Waals surface area contributed by atoms with Crippen molar-refractivity contribution in [1.29, 1.82) is 0 Å². The lowest BCUT2D eigenvalue weighted by atomic mass is 9.95. The first-order valence-corrected chi connectivity index (χ1v) is 7.68. The minimum atomic E-state index is -0.119. The number of amides is 1. The van der Waals surface area contributed by atoms with Crippen LogP contribution in [0.5, 0.6) is 0 Å². The molecule has 1 aliphatic heterocycles. The molecule has 2 aromatic rings. The maximum atomic E-state index is 11.9. The van der Waals surface area contributed by atoms with Gasteiger partial charge in [-0.3, -0.25) is 4.79 Å². The first kappa shape index (κ1) is 14.2. The van der Waals surface area contributed by atoms with Crippen molar-refractivity contribution in [3.8, 4) is 0 Å². The van der Waals surface area contributed by atoms with Crippen LogP contribution in [0.1, 0.15) is 38.0 Å². The Morgan fingerprint density at radius 1 is 1.24 bits per heavy atom. The summed E-state index contributed by atoms with van der Waals surface area (Å²) in [7, 11) is 0. The standard InChI is InChI=1S/C18H18ClNO/c1-12-3-2-4-13(9-12)10-17(19)15-6-5-14-7-8-20-18(21)16(14)11-15/h2-6,9,11,17H,7-8,10H2,1H3,(H,20,21). The summed E-state index contributed by atoms with van der Waals surface area (Å²) >= 11 is 6.55. The van der Waals surface area contributed by atoms with Crippen LogP contribution in [0, 0.1) is 6.92 Å². The third-order valence-corrected chi connectivity index (χ3v) is 4.32. The van der Waals surface area contributed by atoms with Crippen molar-refractivity contribution in [2.24, 2.45) is 0 Å². The lowest BCUT2D eigenvalue weighted by Gasteiger charge is -2.19. The number of hydrogen-bond donors (Lipinski definition) is 1. The van der Waals surface area contributed by atoms with Gasteiger partial charge in [-0.1, -0.05) is 42.0 Å². The number of benzene rings is 2. The summed E-state index contributed by atoms with van der Waals surface area (Å²) in [5.41, 5.74) is 5.35. The van der Waals surface area contributed by atoms with Gasteiger partial charge in [-0.15, -0.1) is 11.6 Å². The third kappa shape index (κ3) is 3.11. The molecule has 1 N–H and O–H groups in total. The molecule has 0 fully saturated rings. The molecule has 1 amide bonds. The average Bonchev–Trinajstić information content (AvgIpc) is 2.47. The highest BCUT2D eigenvalue weighted by Gasteiger charge is 2.19. The molecule has 0 saturated heterocycles. The molecule has 2 aromatic carbocycles. The van der Waals surface area contributed by atoms with Gasteiger partial charge in [0, 0.05) is 12.1 Å². The Balaban J connectivity index is 1.83. The quantitative estimate of drug-likeness (QED) is 0.858. The maximum absolute atomic E-state index is 11.9. The molecule has 0 spiro atoms. The Hall–Kier alpha value is -1.80. The highest BCUT2D eigenvalue weighted by Crippen LogP contribution is 2.28. The van der Waals surface area contributed by atoms with Crippen LogP contribution >= 0.6 is 11.6 Å². The molecule has 1 heterocycles. The number of nitrogens with one attached hydrogen (secondary N) is 1. The lowest BCUT2D eigenvalue weighted by Crippen LogP contribution is -2.31. The summed E-state index contributed by atoms with van der Waals surface area (Å²) in [6.45, 7) is 2.80. The number of alkyl halides is 1. The zero-order valence-electron chi connectivity index (χ0n) is 12.0. The molecule has 1 atom stereocenters. The molecule has 0 saturated carbocycles. The Morgan fingerprint density at radius 3 is 2.90 bits per heavy atom. The summed E-state index contributed by atoms with van der Waals surface area (Å²) in [6.07, 6.45) is 1.66.